The molecule has 0 aliphatic carbocycles. The second-order valence-electron chi connectivity index (χ2n) is 5.28. The van der Waals surface area contributed by atoms with Crippen molar-refractivity contribution in [3.05, 3.63) is 74.3 Å². The van der Waals surface area contributed by atoms with Gasteiger partial charge in [-0.15, -0.1) is 0 Å². The average molecular weight is 327 g/mol. The fourth-order valence-electron chi connectivity index (χ4n) is 2.70. The molecule has 4 N–H and O–H groups in total. The summed E-state index contributed by atoms with van der Waals surface area (Å²) in [4.78, 5) is 12.3. The number of allylic oxidation sites excluding steroid dienone is 1. The Morgan fingerprint density at radius 3 is 2.83 bits per heavy atom. The Bertz CT molecular complexity index is 939. The number of fused-ring (bicyclic) bond motifs is 1. The second-order valence-corrected chi connectivity index (χ2v) is 5.28. The molecule has 0 radical (unpaired) electrons. The Balaban J connectivity index is 2.28. The van der Waals surface area contributed by atoms with Crippen LogP contribution in [0.2, 0.25) is 0 Å². The maximum Gasteiger partial charge on any atom is 0.343 e. The molecule has 3 rings (SSSR count). The third kappa shape index (κ3) is 2.53. The van der Waals surface area contributed by atoms with Gasteiger partial charge in [0.2, 0.25) is 5.88 Å². The summed E-state index contributed by atoms with van der Waals surface area (Å²) in [6, 6.07) is 9.41. The molecule has 24 heavy (non-hydrogen) atoms. The van der Waals surface area contributed by atoms with E-state index >= 15 is 0 Å². The van der Waals surface area contributed by atoms with Gasteiger partial charge in [0, 0.05) is 18.2 Å². The van der Waals surface area contributed by atoms with E-state index in [1.165, 1.54) is 24.3 Å². The van der Waals surface area contributed by atoms with Gasteiger partial charge in [0.25, 0.3) is 0 Å². The van der Waals surface area contributed by atoms with E-state index in [4.69, 9.17) is 20.1 Å². The Hall–Kier alpha value is -3.12. The molecule has 1 aliphatic rings. The van der Waals surface area contributed by atoms with E-state index in [1.54, 1.807) is 13.0 Å². The fraction of sp³-hybridized carbons (Fsp3) is 0.125. The summed E-state index contributed by atoms with van der Waals surface area (Å²) in [7, 11) is 0. The average Bonchev–Trinajstić information content (AvgIpc) is 2.53. The van der Waals surface area contributed by atoms with Crippen LogP contribution in [0.25, 0.3) is 0 Å². The van der Waals surface area contributed by atoms with E-state index in [2.05, 4.69) is 0 Å². The lowest BCUT2D eigenvalue weighted by atomic mass is 9.84. The van der Waals surface area contributed by atoms with Crippen molar-refractivity contribution in [1.82, 2.24) is 0 Å². The van der Waals surface area contributed by atoms with Crippen LogP contribution in [0, 0.1) is 23.5 Å². The summed E-state index contributed by atoms with van der Waals surface area (Å²) < 4.78 is 10.5. The zero-order valence-corrected chi connectivity index (χ0v) is 12.6. The highest BCUT2D eigenvalue weighted by Crippen LogP contribution is 2.40. The summed E-state index contributed by atoms with van der Waals surface area (Å²) in [5.41, 5.74) is 5.78. The highest BCUT2D eigenvalue weighted by atomic mass is 16.8. The third-order valence-corrected chi connectivity index (χ3v) is 3.72. The van der Waals surface area contributed by atoms with Gasteiger partial charge < -0.3 is 20.1 Å². The van der Waals surface area contributed by atoms with Crippen molar-refractivity contribution in [3.8, 4) is 11.8 Å². The highest BCUT2D eigenvalue weighted by molar-refractivity contribution is 5.55. The highest BCUT2D eigenvalue weighted by Gasteiger charge is 2.34. The monoisotopic (exact) mass is 327 g/mol. The molecule has 1 aromatic carbocycles. The molecular formula is C16H13N3O5. The molecule has 0 saturated heterocycles. The fourth-order valence-corrected chi connectivity index (χ4v) is 2.70. The minimum atomic E-state index is -1.12. The van der Waals surface area contributed by atoms with Crippen LogP contribution < -0.4 is 21.3 Å². The zero-order chi connectivity index (χ0) is 17.4. The number of hydrogen-bond donors (Lipinski definition) is 3. The summed E-state index contributed by atoms with van der Waals surface area (Å²) in [6.45, 7) is 1.59. The summed E-state index contributed by atoms with van der Waals surface area (Å²) in [5, 5.41) is 28.7. The van der Waals surface area contributed by atoms with Gasteiger partial charge in [-0.3, -0.25) is 0 Å². The molecule has 0 bridgehead atoms. The van der Waals surface area contributed by atoms with Gasteiger partial charge in [0.05, 0.1) is 11.5 Å². The van der Waals surface area contributed by atoms with Crippen LogP contribution in [0.1, 0.15) is 22.8 Å². The molecule has 0 spiro atoms. The second kappa shape index (κ2) is 5.82. The van der Waals surface area contributed by atoms with Crippen molar-refractivity contribution in [2.45, 2.75) is 12.8 Å². The van der Waals surface area contributed by atoms with E-state index in [9.17, 15) is 15.3 Å². The quantitative estimate of drug-likeness (QED) is 0.686. The maximum atomic E-state index is 12.3. The normalized spacial score (nSPS) is 17.7. The van der Waals surface area contributed by atoms with Crippen molar-refractivity contribution in [2.75, 3.05) is 0 Å². The molecule has 122 valence electrons. The predicted molar refractivity (Wildman–Crippen MR) is 81.2 cm³/mol. The predicted octanol–water partition coefficient (Wildman–Crippen LogP) is 0.570. The molecule has 2 atom stereocenters. The number of nitriles is 1. The molecule has 1 aliphatic heterocycles. The Kier molecular flexibility index (Phi) is 3.83. The standard InChI is InChI=1S/C16H13N3O5/c1-8-5-12-14(16(20)23-8)13(11(7-17)15(18)24-12)9-3-2-4-10(6-9)19(21)22/h2-6,13,19,21H,18H2,1H3/t13-/m1/s1. The first-order valence-electron chi connectivity index (χ1n) is 6.98. The summed E-state index contributed by atoms with van der Waals surface area (Å²) in [6.07, 6.45) is 0. The Labute approximate surface area is 136 Å². The Morgan fingerprint density at radius 2 is 2.17 bits per heavy atom. The van der Waals surface area contributed by atoms with Crippen LogP contribution >= 0.6 is 0 Å². The summed E-state index contributed by atoms with van der Waals surface area (Å²) in [5.74, 6) is -0.438. The number of nitrogens with one attached hydrogen (secondary N) is 1. The smallest absolute Gasteiger partial charge is 0.343 e. The van der Waals surface area contributed by atoms with Gasteiger partial charge in [-0.2, -0.15) is 10.5 Å². The lowest BCUT2D eigenvalue weighted by Crippen LogP contribution is -2.99. The first kappa shape index (κ1) is 15.8. The minimum Gasteiger partial charge on any atom is -0.595 e. The molecule has 8 nitrogen and oxygen atoms in total. The topological polar surface area (TPSA) is 137 Å². The zero-order valence-electron chi connectivity index (χ0n) is 12.6. The Morgan fingerprint density at radius 1 is 1.42 bits per heavy atom. The van der Waals surface area contributed by atoms with Crippen LogP contribution in [0.3, 0.4) is 0 Å². The third-order valence-electron chi connectivity index (χ3n) is 3.72. The van der Waals surface area contributed by atoms with Crippen molar-refractivity contribution in [1.29, 1.82) is 5.26 Å². The number of nitrogens with zero attached hydrogens (tertiary/aromatic N) is 1. The van der Waals surface area contributed by atoms with Crippen LogP contribution in [-0.4, -0.2) is 5.21 Å². The lowest BCUT2D eigenvalue weighted by Gasteiger charge is -2.25. The molecule has 2 heterocycles. The van der Waals surface area contributed by atoms with E-state index < -0.39 is 16.8 Å². The molecule has 8 heteroatoms. The van der Waals surface area contributed by atoms with Gasteiger partial charge >= 0.3 is 5.63 Å². The van der Waals surface area contributed by atoms with E-state index in [-0.39, 0.29) is 28.5 Å². The van der Waals surface area contributed by atoms with E-state index in [1.807, 2.05) is 6.07 Å². The van der Waals surface area contributed by atoms with Crippen LogP contribution in [0.15, 0.2) is 51.0 Å². The van der Waals surface area contributed by atoms with Gasteiger partial charge in [0.1, 0.15) is 23.2 Å². The van der Waals surface area contributed by atoms with E-state index in [0.29, 0.717) is 11.3 Å². The molecule has 0 saturated carbocycles. The van der Waals surface area contributed by atoms with E-state index in [0.717, 1.165) is 0 Å². The van der Waals surface area contributed by atoms with Crippen molar-refractivity contribution < 1.29 is 19.6 Å². The SMILES string of the molecule is Cc1cc2c(c(=O)o1)[C@H](c1cccc([NH+]([O-])O)c1)C(C#N)=C(N)O2. The molecule has 0 fully saturated rings. The maximum absolute atomic E-state index is 12.3. The molecule has 0 amide bonds. The number of aryl methyl sites for hydroxylation is 1. The van der Waals surface area contributed by atoms with Crippen LogP contribution in [-0.2, 0) is 0 Å². The van der Waals surface area contributed by atoms with Gasteiger partial charge in [0.15, 0.2) is 5.69 Å². The molecule has 2 aromatic rings. The number of benzene rings is 1. The number of quaternary nitrogens is 1. The number of rotatable bonds is 2. The van der Waals surface area contributed by atoms with Crippen LogP contribution in [0.5, 0.6) is 5.75 Å². The molecule has 1 aromatic heterocycles. The number of hydrogen-bond acceptors (Lipinski definition) is 7. The van der Waals surface area contributed by atoms with Gasteiger partial charge in [-0.1, -0.05) is 12.1 Å². The first-order chi connectivity index (χ1) is 11.4. The minimum absolute atomic E-state index is 0.0289. The van der Waals surface area contributed by atoms with Gasteiger partial charge in [-0.05, 0) is 12.5 Å². The summed E-state index contributed by atoms with van der Waals surface area (Å²) >= 11 is 0. The van der Waals surface area contributed by atoms with Crippen molar-refractivity contribution in [3.63, 3.8) is 0 Å². The largest absolute Gasteiger partial charge is 0.595 e. The first-order valence-corrected chi connectivity index (χ1v) is 6.98. The molecular weight excluding hydrogens is 314 g/mol. The number of nitrogens with two attached hydrogens (primary N) is 1. The van der Waals surface area contributed by atoms with Gasteiger partial charge in [-0.25, -0.2) is 10.0 Å². The lowest BCUT2D eigenvalue weighted by molar-refractivity contribution is -0.991. The number of ether oxygens (including phenoxy) is 1. The van der Waals surface area contributed by atoms with Crippen LogP contribution in [0.4, 0.5) is 5.69 Å². The van der Waals surface area contributed by atoms with Crippen molar-refractivity contribution in [2.24, 2.45) is 5.73 Å². The molecule has 1 unspecified atom stereocenters. The van der Waals surface area contributed by atoms with Crippen molar-refractivity contribution >= 4 is 5.69 Å².